The molecule has 110 valence electrons. The van der Waals surface area contributed by atoms with Gasteiger partial charge in [-0.2, -0.15) is 0 Å². The van der Waals surface area contributed by atoms with Gasteiger partial charge < -0.3 is 9.22 Å². The maximum Gasteiger partial charge on any atom is 0.309 e. The summed E-state index contributed by atoms with van der Waals surface area (Å²) in [5.41, 5.74) is 0. The first-order chi connectivity index (χ1) is 9.14. The number of hydrogen-bond acceptors (Lipinski definition) is 2. The third-order valence-corrected chi connectivity index (χ3v) is 5.86. The smallest absolute Gasteiger partial charge is 0.309 e. The number of hydrogen-bond donors (Lipinski definition) is 0. The van der Waals surface area contributed by atoms with Gasteiger partial charge in [-0.3, -0.25) is 4.79 Å². The second-order valence-corrected chi connectivity index (χ2v) is 6.46. The van der Waals surface area contributed by atoms with Crippen molar-refractivity contribution in [3.8, 4) is 0 Å². The number of likely N-dealkylation sites (N-methyl/N-ethyl adjacent to an activating group) is 1. The van der Waals surface area contributed by atoms with Crippen molar-refractivity contribution in [2.75, 3.05) is 32.8 Å². The van der Waals surface area contributed by atoms with Crippen molar-refractivity contribution in [2.45, 2.75) is 46.5 Å². The van der Waals surface area contributed by atoms with Crippen molar-refractivity contribution >= 4 is 5.97 Å². The first kappa shape index (κ1) is 14.8. The van der Waals surface area contributed by atoms with E-state index in [0.717, 1.165) is 43.0 Å². The van der Waals surface area contributed by atoms with Crippen LogP contribution in [-0.2, 0) is 9.53 Å². The van der Waals surface area contributed by atoms with Crippen LogP contribution in [0.3, 0.4) is 0 Å². The van der Waals surface area contributed by atoms with E-state index in [1.54, 1.807) is 0 Å². The molecule has 0 aromatic heterocycles. The maximum absolute atomic E-state index is 12.2. The lowest BCUT2D eigenvalue weighted by Crippen LogP contribution is -2.49. The Labute approximate surface area is 117 Å². The lowest BCUT2D eigenvalue weighted by Gasteiger charge is -2.35. The summed E-state index contributed by atoms with van der Waals surface area (Å²) in [5.74, 6) is 1.78. The van der Waals surface area contributed by atoms with E-state index in [-0.39, 0.29) is 11.9 Å². The van der Waals surface area contributed by atoms with E-state index in [9.17, 15) is 4.79 Å². The number of rotatable bonds is 7. The molecule has 0 N–H and O–H groups in total. The molecular weight excluding hydrogens is 238 g/mol. The molecule has 3 nitrogen and oxygen atoms in total. The number of carbonyl (C=O) groups is 1. The zero-order valence-corrected chi connectivity index (χ0v) is 12.9. The second-order valence-electron chi connectivity index (χ2n) is 6.46. The van der Waals surface area contributed by atoms with Gasteiger partial charge in [-0.1, -0.05) is 6.42 Å². The number of fused-ring (bicyclic) bond motifs is 2. The van der Waals surface area contributed by atoms with Gasteiger partial charge in [0.25, 0.3) is 0 Å². The van der Waals surface area contributed by atoms with Gasteiger partial charge in [0, 0.05) is 0 Å². The summed E-state index contributed by atoms with van der Waals surface area (Å²) >= 11 is 0. The standard InChI is InChI=1S/C16H30NO2/c1-4-17(5-2,6-3)9-10-19-16(18)15-12-13-7-8-14(15)11-13/h13-15H,4-12H2,1-3H3/q+1. The SMILES string of the molecule is CC[N+](CC)(CC)CCOC(=O)C1CC2CCC1C2. The summed E-state index contributed by atoms with van der Waals surface area (Å²) in [6.45, 7) is 11.6. The predicted octanol–water partition coefficient (Wildman–Crippen LogP) is 2.84. The summed E-state index contributed by atoms with van der Waals surface area (Å²) in [5, 5.41) is 0. The third-order valence-electron chi connectivity index (χ3n) is 5.86. The molecule has 2 fully saturated rings. The molecule has 0 amide bonds. The fourth-order valence-corrected chi connectivity index (χ4v) is 4.13. The first-order valence-corrected chi connectivity index (χ1v) is 8.15. The lowest BCUT2D eigenvalue weighted by molar-refractivity contribution is -0.923. The van der Waals surface area contributed by atoms with Crippen LogP contribution in [-0.4, -0.2) is 43.2 Å². The van der Waals surface area contributed by atoms with Crippen LogP contribution in [0.2, 0.25) is 0 Å². The van der Waals surface area contributed by atoms with Gasteiger partial charge in [-0.25, -0.2) is 0 Å². The quantitative estimate of drug-likeness (QED) is 0.524. The van der Waals surface area contributed by atoms with Crippen LogP contribution in [0.15, 0.2) is 0 Å². The predicted molar refractivity (Wildman–Crippen MR) is 76.6 cm³/mol. The minimum atomic E-state index is 0.0913. The topological polar surface area (TPSA) is 26.3 Å². The van der Waals surface area contributed by atoms with E-state index in [2.05, 4.69) is 20.8 Å². The van der Waals surface area contributed by atoms with Crippen molar-refractivity contribution in [3.63, 3.8) is 0 Å². The fraction of sp³-hybridized carbons (Fsp3) is 0.938. The van der Waals surface area contributed by atoms with Gasteiger partial charge in [0.2, 0.25) is 0 Å². The van der Waals surface area contributed by atoms with E-state index in [1.807, 2.05) is 0 Å². The summed E-state index contributed by atoms with van der Waals surface area (Å²) < 4.78 is 6.64. The second kappa shape index (κ2) is 6.25. The van der Waals surface area contributed by atoms with Crippen LogP contribution in [0.1, 0.15) is 46.5 Å². The lowest BCUT2D eigenvalue weighted by atomic mass is 9.89. The Morgan fingerprint density at radius 3 is 2.26 bits per heavy atom. The molecule has 2 aliphatic rings. The van der Waals surface area contributed by atoms with E-state index in [1.165, 1.54) is 19.3 Å². The average molecular weight is 268 g/mol. The highest BCUT2D eigenvalue weighted by molar-refractivity contribution is 5.73. The minimum Gasteiger partial charge on any atom is -0.459 e. The van der Waals surface area contributed by atoms with Crippen LogP contribution in [0.5, 0.6) is 0 Å². The van der Waals surface area contributed by atoms with Crippen molar-refractivity contribution in [3.05, 3.63) is 0 Å². The summed E-state index contributed by atoms with van der Waals surface area (Å²) in [7, 11) is 0. The number of nitrogens with zero attached hydrogens (tertiary/aromatic N) is 1. The Morgan fingerprint density at radius 2 is 1.79 bits per heavy atom. The molecule has 2 saturated carbocycles. The number of carbonyl (C=O) groups excluding carboxylic acids is 1. The molecule has 3 unspecified atom stereocenters. The molecule has 0 aromatic rings. The van der Waals surface area contributed by atoms with E-state index in [0.29, 0.717) is 12.5 Å². The monoisotopic (exact) mass is 268 g/mol. The molecule has 2 aliphatic carbocycles. The number of esters is 1. The average Bonchev–Trinajstić information content (AvgIpc) is 3.06. The maximum atomic E-state index is 12.2. The van der Waals surface area contributed by atoms with Crippen LogP contribution in [0.4, 0.5) is 0 Å². The highest BCUT2D eigenvalue weighted by atomic mass is 16.5. The van der Waals surface area contributed by atoms with Crippen LogP contribution in [0, 0.1) is 17.8 Å². The van der Waals surface area contributed by atoms with Crippen molar-refractivity contribution in [2.24, 2.45) is 17.8 Å². The van der Waals surface area contributed by atoms with Crippen molar-refractivity contribution in [1.82, 2.24) is 0 Å². The van der Waals surface area contributed by atoms with Crippen molar-refractivity contribution < 1.29 is 14.0 Å². The Balaban J connectivity index is 1.75. The molecule has 0 saturated heterocycles. The molecule has 0 aliphatic heterocycles. The zero-order chi connectivity index (χ0) is 13.9. The molecule has 0 radical (unpaired) electrons. The first-order valence-electron chi connectivity index (χ1n) is 8.15. The summed E-state index contributed by atoms with van der Waals surface area (Å²) in [6, 6.07) is 0. The Morgan fingerprint density at radius 1 is 1.11 bits per heavy atom. The fourth-order valence-electron chi connectivity index (χ4n) is 4.13. The molecule has 0 heterocycles. The van der Waals surface area contributed by atoms with E-state index >= 15 is 0 Å². The minimum absolute atomic E-state index is 0.0913. The molecule has 2 bridgehead atoms. The molecule has 2 rings (SSSR count). The van der Waals surface area contributed by atoms with Gasteiger partial charge in [-0.15, -0.1) is 0 Å². The molecule has 0 spiro atoms. The van der Waals surface area contributed by atoms with E-state index in [4.69, 9.17) is 4.74 Å². The zero-order valence-electron chi connectivity index (χ0n) is 12.9. The Bertz CT molecular complexity index is 304. The Kier molecular flexibility index (Phi) is 4.88. The van der Waals surface area contributed by atoms with Crippen LogP contribution < -0.4 is 0 Å². The van der Waals surface area contributed by atoms with Crippen LogP contribution in [0.25, 0.3) is 0 Å². The van der Waals surface area contributed by atoms with Gasteiger partial charge >= 0.3 is 5.97 Å². The van der Waals surface area contributed by atoms with Crippen LogP contribution >= 0.6 is 0 Å². The van der Waals surface area contributed by atoms with Gasteiger partial charge in [0.15, 0.2) is 0 Å². The Hall–Kier alpha value is -0.570. The number of ether oxygens (including phenoxy) is 1. The number of quaternary nitrogens is 1. The summed E-state index contributed by atoms with van der Waals surface area (Å²) in [4.78, 5) is 12.2. The van der Waals surface area contributed by atoms with E-state index < -0.39 is 0 Å². The molecule has 19 heavy (non-hydrogen) atoms. The van der Waals surface area contributed by atoms with Gasteiger partial charge in [0.05, 0.1) is 25.6 Å². The molecule has 3 atom stereocenters. The highest BCUT2D eigenvalue weighted by Crippen LogP contribution is 2.48. The normalized spacial score (nSPS) is 29.7. The third kappa shape index (κ3) is 3.13. The molecule has 0 aromatic carbocycles. The van der Waals surface area contributed by atoms with Gasteiger partial charge in [0.1, 0.15) is 13.2 Å². The van der Waals surface area contributed by atoms with Crippen molar-refractivity contribution in [1.29, 1.82) is 0 Å². The van der Waals surface area contributed by atoms with Gasteiger partial charge in [-0.05, 0) is 51.9 Å². The summed E-state index contributed by atoms with van der Waals surface area (Å²) in [6.07, 6.45) is 4.97. The molecule has 3 heteroatoms. The largest absolute Gasteiger partial charge is 0.459 e. The highest BCUT2D eigenvalue weighted by Gasteiger charge is 2.43. The molecular formula is C16H30NO2+.